The van der Waals surface area contributed by atoms with Gasteiger partial charge in [-0.1, -0.05) is 60.7 Å². The molecule has 1 fully saturated rings. The van der Waals surface area contributed by atoms with E-state index < -0.39 is 11.4 Å². The van der Waals surface area contributed by atoms with Crippen molar-refractivity contribution in [3.05, 3.63) is 102 Å². The standard InChI is InChI=1S/C33H36FN5O4/c1-33(2,3)43-32(40)39-18-16-38(17-19-39)30-27(34)20-26(21-35-30)36-28-14-15-29(41-22-24-10-6-4-7-11-24)37-31(28)42-23-25-12-8-5-9-13-25/h4-15,20-21,36H,16-19,22-23H2,1-3H3. The van der Waals surface area contributed by atoms with Crippen LogP contribution in [0.25, 0.3) is 0 Å². The van der Waals surface area contributed by atoms with E-state index in [0.29, 0.717) is 62.5 Å². The van der Waals surface area contributed by atoms with Crippen LogP contribution in [0.3, 0.4) is 0 Å². The van der Waals surface area contributed by atoms with Gasteiger partial charge in [0.25, 0.3) is 0 Å². The fourth-order valence-corrected chi connectivity index (χ4v) is 4.48. The van der Waals surface area contributed by atoms with Crippen LogP contribution >= 0.6 is 0 Å². The molecule has 2 aromatic carbocycles. The number of halogens is 1. The molecular formula is C33H36FN5O4. The number of benzene rings is 2. The Morgan fingerprint density at radius 1 is 0.884 bits per heavy atom. The summed E-state index contributed by atoms with van der Waals surface area (Å²) in [6.45, 7) is 7.89. The van der Waals surface area contributed by atoms with Gasteiger partial charge in [-0.25, -0.2) is 14.2 Å². The zero-order valence-corrected chi connectivity index (χ0v) is 24.6. The topological polar surface area (TPSA) is 89.1 Å². The van der Waals surface area contributed by atoms with Crippen molar-refractivity contribution in [1.82, 2.24) is 14.9 Å². The lowest BCUT2D eigenvalue weighted by Gasteiger charge is -2.36. The summed E-state index contributed by atoms with van der Waals surface area (Å²) in [6.07, 6.45) is 1.20. The molecule has 0 spiro atoms. The van der Waals surface area contributed by atoms with E-state index in [1.807, 2.05) is 86.3 Å². The Labute approximate surface area is 251 Å². The van der Waals surface area contributed by atoms with Crippen molar-refractivity contribution in [2.75, 3.05) is 36.4 Å². The monoisotopic (exact) mass is 585 g/mol. The fraction of sp³-hybridized carbons (Fsp3) is 0.303. The largest absolute Gasteiger partial charge is 0.473 e. The molecule has 0 radical (unpaired) electrons. The normalized spacial score (nSPS) is 13.4. The molecule has 0 atom stereocenters. The minimum atomic E-state index is -0.567. The SMILES string of the molecule is CC(C)(C)OC(=O)N1CCN(c2ncc(Nc3ccc(OCc4ccccc4)nc3OCc3ccccc3)cc2F)CC1. The Morgan fingerprint density at radius 2 is 1.51 bits per heavy atom. The predicted molar refractivity (Wildman–Crippen MR) is 163 cm³/mol. The summed E-state index contributed by atoms with van der Waals surface area (Å²) in [4.78, 5) is 24.8. The Kier molecular flexibility index (Phi) is 9.24. The highest BCUT2D eigenvalue weighted by Crippen LogP contribution is 2.31. The molecule has 1 amide bonds. The minimum Gasteiger partial charge on any atom is -0.473 e. The quantitative estimate of drug-likeness (QED) is 0.236. The lowest BCUT2D eigenvalue weighted by Crippen LogP contribution is -2.50. The molecule has 0 aliphatic carbocycles. The predicted octanol–water partition coefficient (Wildman–Crippen LogP) is 6.57. The van der Waals surface area contributed by atoms with Gasteiger partial charge in [-0.3, -0.25) is 0 Å². The molecule has 1 aliphatic heterocycles. The molecular weight excluding hydrogens is 549 g/mol. The van der Waals surface area contributed by atoms with Gasteiger partial charge in [-0.05, 0) is 38.0 Å². The molecule has 1 saturated heterocycles. The maximum absolute atomic E-state index is 15.3. The molecule has 3 heterocycles. The summed E-state index contributed by atoms with van der Waals surface area (Å²) in [5, 5.41) is 3.19. The van der Waals surface area contributed by atoms with Crippen LogP contribution in [-0.4, -0.2) is 52.7 Å². The number of amides is 1. The van der Waals surface area contributed by atoms with E-state index in [-0.39, 0.29) is 11.9 Å². The Hall–Kier alpha value is -4.86. The summed E-state index contributed by atoms with van der Waals surface area (Å²) in [5.74, 6) is 0.482. The maximum Gasteiger partial charge on any atom is 0.410 e. The number of carbonyl (C=O) groups is 1. The van der Waals surface area contributed by atoms with Gasteiger partial charge in [0.2, 0.25) is 11.8 Å². The Morgan fingerprint density at radius 3 is 2.12 bits per heavy atom. The van der Waals surface area contributed by atoms with Gasteiger partial charge < -0.3 is 29.3 Å². The molecule has 1 N–H and O–H groups in total. The number of nitrogens with one attached hydrogen (secondary N) is 1. The van der Waals surface area contributed by atoms with E-state index in [0.717, 1.165) is 11.1 Å². The number of ether oxygens (including phenoxy) is 3. The first-order chi connectivity index (χ1) is 20.7. The molecule has 43 heavy (non-hydrogen) atoms. The maximum atomic E-state index is 15.3. The molecule has 5 rings (SSSR count). The summed E-state index contributed by atoms with van der Waals surface area (Å²) < 4.78 is 32.7. The first-order valence-electron chi connectivity index (χ1n) is 14.2. The van der Waals surface area contributed by atoms with Gasteiger partial charge in [0.05, 0.1) is 11.9 Å². The molecule has 4 aromatic rings. The lowest BCUT2D eigenvalue weighted by atomic mass is 10.2. The van der Waals surface area contributed by atoms with Crippen LogP contribution < -0.4 is 19.7 Å². The molecule has 2 aromatic heterocycles. The van der Waals surface area contributed by atoms with E-state index in [9.17, 15) is 4.79 Å². The number of rotatable bonds is 9. The Balaban J connectivity index is 1.27. The zero-order valence-electron chi connectivity index (χ0n) is 24.6. The molecule has 224 valence electrons. The van der Waals surface area contributed by atoms with Crippen molar-refractivity contribution >= 4 is 23.3 Å². The van der Waals surface area contributed by atoms with Crippen LogP contribution in [0.1, 0.15) is 31.9 Å². The van der Waals surface area contributed by atoms with Crippen molar-refractivity contribution in [2.45, 2.75) is 39.6 Å². The highest BCUT2D eigenvalue weighted by molar-refractivity contribution is 5.69. The zero-order chi connectivity index (χ0) is 30.2. The van der Waals surface area contributed by atoms with E-state index in [1.165, 1.54) is 6.07 Å². The van der Waals surface area contributed by atoms with Crippen molar-refractivity contribution in [3.8, 4) is 11.8 Å². The van der Waals surface area contributed by atoms with Gasteiger partial charge >= 0.3 is 6.09 Å². The number of hydrogen-bond acceptors (Lipinski definition) is 8. The van der Waals surface area contributed by atoms with Gasteiger partial charge in [-0.2, -0.15) is 4.98 Å². The van der Waals surface area contributed by atoms with Crippen LogP contribution in [0.4, 0.5) is 26.4 Å². The van der Waals surface area contributed by atoms with Crippen molar-refractivity contribution in [1.29, 1.82) is 0 Å². The number of piperazine rings is 1. The van der Waals surface area contributed by atoms with Crippen LogP contribution in [0.15, 0.2) is 85.1 Å². The van der Waals surface area contributed by atoms with Crippen molar-refractivity contribution in [3.63, 3.8) is 0 Å². The summed E-state index contributed by atoms with van der Waals surface area (Å²) in [6, 6.07) is 24.5. The minimum absolute atomic E-state index is 0.234. The van der Waals surface area contributed by atoms with Gasteiger partial charge in [0.1, 0.15) is 24.5 Å². The smallest absolute Gasteiger partial charge is 0.410 e. The first kappa shape index (κ1) is 29.6. The Bertz CT molecular complexity index is 1510. The van der Waals surface area contributed by atoms with Crippen molar-refractivity contribution < 1.29 is 23.4 Å². The van der Waals surface area contributed by atoms with Gasteiger partial charge in [-0.15, -0.1) is 0 Å². The van der Waals surface area contributed by atoms with Crippen LogP contribution in [-0.2, 0) is 18.0 Å². The molecule has 0 saturated carbocycles. The van der Waals surface area contributed by atoms with Crippen molar-refractivity contribution in [2.24, 2.45) is 0 Å². The molecule has 1 aliphatic rings. The van der Waals surface area contributed by atoms with E-state index >= 15 is 4.39 Å². The number of aromatic nitrogens is 2. The van der Waals surface area contributed by atoms with Crippen LogP contribution in [0.5, 0.6) is 11.8 Å². The number of hydrogen-bond donors (Lipinski definition) is 1. The second-order valence-corrected chi connectivity index (χ2v) is 11.2. The molecule has 0 bridgehead atoms. The third-order valence-corrected chi connectivity index (χ3v) is 6.61. The summed E-state index contributed by atoms with van der Waals surface area (Å²) in [5.41, 5.74) is 2.42. The molecule has 10 heteroatoms. The van der Waals surface area contributed by atoms with E-state index in [1.54, 1.807) is 23.2 Å². The molecule has 0 unspecified atom stereocenters. The van der Waals surface area contributed by atoms with E-state index in [4.69, 9.17) is 14.2 Å². The highest BCUT2D eigenvalue weighted by atomic mass is 19.1. The number of nitrogens with zero attached hydrogens (tertiary/aromatic N) is 4. The number of carbonyl (C=O) groups excluding carboxylic acids is 1. The fourth-order valence-electron chi connectivity index (χ4n) is 4.48. The van der Waals surface area contributed by atoms with Gasteiger partial charge in [0, 0.05) is 38.3 Å². The third kappa shape index (κ3) is 8.34. The second-order valence-electron chi connectivity index (χ2n) is 11.2. The van der Waals surface area contributed by atoms with Crippen LogP contribution in [0, 0.1) is 5.82 Å². The average molecular weight is 586 g/mol. The van der Waals surface area contributed by atoms with E-state index in [2.05, 4.69) is 15.3 Å². The second kappa shape index (κ2) is 13.4. The number of anilines is 3. The lowest BCUT2D eigenvalue weighted by molar-refractivity contribution is 0.0240. The van der Waals surface area contributed by atoms with Gasteiger partial charge in [0.15, 0.2) is 11.6 Å². The summed E-state index contributed by atoms with van der Waals surface area (Å²) >= 11 is 0. The summed E-state index contributed by atoms with van der Waals surface area (Å²) in [7, 11) is 0. The number of pyridine rings is 2. The first-order valence-corrected chi connectivity index (χ1v) is 14.2. The molecule has 9 nitrogen and oxygen atoms in total. The third-order valence-electron chi connectivity index (χ3n) is 6.61. The van der Waals surface area contributed by atoms with Crippen LogP contribution in [0.2, 0.25) is 0 Å². The average Bonchev–Trinajstić information content (AvgIpc) is 3.00. The highest BCUT2D eigenvalue weighted by Gasteiger charge is 2.27.